The van der Waals surface area contributed by atoms with E-state index in [9.17, 15) is 8.78 Å². The van der Waals surface area contributed by atoms with E-state index in [1.54, 1.807) is 0 Å². The highest BCUT2D eigenvalue weighted by Crippen LogP contribution is 2.35. The molecule has 0 aromatic heterocycles. The largest absolute Gasteiger partial charge is 0.376 e. The van der Waals surface area contributed by atoms with Crippen LogP contribution in [0.1, 0.15) is 44.6 Å². The van der Waals surface area contributed by atoms with Crippen LogP contribution in [0.5, 0.6) is 0 Å². The van der Waals surface area contributed by atoms with Crippen molar-refractivity contribution in [2.45, 2.75) is 51.6 Å². The Morgan fingerprint density at radius 3 is 2.25 bits per heavy atom. The highest BCUT2D eigenvalue weighted by molar-refractivity contribution is 5.13. The van der Waals surface area contributed by atoms with Gasteiger partial charge in [-0.1, -0.05) is 30.3 Å². The Morgan fingerprint density at radius 1 is 1.05 bits per heavy atom. The monoisotopic (exact) mass is 282 g/mol. The van der Waals surface area contributed by atoms with Crippen LogP contribution in [0, 0.1) is 11.8 Å². The van der Waals surface area contributed by atoms with Gasteiger partial charge in [-0.05, 0) is 50.0 Å². The average Bonchev–Trinajstić information content (AvgIpc) is 2.40. The molecule has 2 rings (SSSR count). The van der Waals surface area contributed by atoms with Gasteiger partial charge in [0.05, 0.1) is 6.61 Å². The summed E-state index contributed by atoms with van der Waals surface area (Å²) in [6, 6.07) is 10.1. The number of halogens is 2. The second-order valence-corrected chi connectivity index (χ2v) is 6.16. The lowest BCUT2D eigenvalue weighted by Gasteiger charge is -2.29. The topological polar surface area (TPSA) is 9.23 Å². The summed E-state index contributed by atoms with van der Waals surface area (Å²) >= 11 is 0. The molecule has 1 fully saturated rings. The van der Waals surface area contributed by atoms with Crippen molar-refractivity contribution in [3.8, 4) is 0 Å². The van der Waals surface area contributed by atoms with Crippen molar-refractivity contribution in [1.29, 1.82) is 0 Å². The molecule has 0 aliphatic heterocycles. The van der Waals surface area contributed by atoms with E-state index in [4.69, 9.17) is 4.74 Å². The smallest absolute Gasteiger partial charge is 0.245 e. The number of hydrogen-bond acceptors (Lipinski definition) is 1. The number of rotatable bonds is 6. The highest BCUT2D eigenvalue weighted by atomic mass is 19.3. The summed E-state index contributed by atoms with van der Waals surface area (Å²) in [5.41, 5.74) is 1.19. The zero-order valence-corrected chi connectivity index (χ0v) is 12.2. The van der Waals surface area contributed by atoms with Gasteiger partial charge in [-0.15, -0.1) is 0 Å². The van der Waals surface area contributed by atoms with Gasteiger partial charge in [0, 0.05) is 13.0 Å². The van der Waals surface area contributed by atoms with E-state index < -0.39 is 5.92 Å². The van der Waals surface area contributed by atoms with Crippen LogP contribution >= 0.6 is 0 Å². The first-order valence-corrected chi connectivity index (χ1v) is 7.52. The van der Waals surface area contributed by atoms with Crippen LogP contribution in [0.2, 0.25) is 0 Å². The van der Waals surface area contributed by atoms with Gasteiger partial charge in [-0.25, -0.2) is 8.78 Å². The molecule has 0 heterocycles. The van der Waals surface area contributed by atoms with Crippen LogP contribution in [-0.2, 0) is 11.3 Å². The molecule has 0 unspecified atom stereocenters. The van der Waals surface area contributed by atoms with Gasteiger partial charge >= 0.3 is 0 Å². The van der Waals surface area contributed by atoms with Crippen molar-refractivity contribution in [3.63, 3.8) is 0 Å². The lowest BCUT2D eigenvalue weighted by molar-refractivity contribution is -0.0145. The van der Waals surface area contributed by atoms with Gasteiger partial charge in [0.25, 0.3) is 0 Å². The fourth-order valence-electron chi connectivity index (χ4n) is 3.03. The molecule has 112 valence electrons. The molecule has 3 heteroatoms. The van der Waals surface area contributed by atoms with Crippen LogP contribution in [0.15, 0.2) is 30.3 Å². The molecule has 0 spiro atoms. The molecule has 0 bridgehead atoms. The predicted molar refractivity (Wildman–Crippen MR) is 76.8 cm³/mol. The molecule has 0 radical (unpaired) electrons. The van der Waals surface area contributed by atoms with E-state index in [0.717, 1.165) is 39.2 Å². The molecule has 1 aliphatic carbocycles. The van der Waals surface area contributed by atoms with Crippen LogP contribution in [0.3, 0.4) is 0 Å². The molecule has 20 heavy (non-hydrogen) atoms. The summed E-state index contributed by atoms with van der Waals surface area (Å²) in [4.78, 5) is 0. The van der Waals surface area contributed by atoms with Crippen LogP contribution in [-0.4, -0.2) is 12.5 Å². The number of benzene rings is 1. The lowest BCUT2D eigenvalue weighted by atomic mass is 9.80. The second kappa shape index (κ2) is 7.16. The number of hydrogen-bond donors (Lipinski definition) is 0. The van der Waals surface area contributed by atoms with Gasteiger partial charge in [-0.3, -0.25) is 0 Å². The minimum atomic E-state index is -2.51. The Labute approximate surface area is 120 Å². The molecule has 0 atom stereocenters. The Bertz CT molecular complexity index is 378. The van der Waals surface area contributed by atoms with Crippen LogP contribution < -0.4 is 0 Å². The Hall–Kier alpha value is -0.960. The van der Waals surface area contributed by atoms with Crippen molar-refractivity contribution in [1.82, 2.24) is 0 Å². The molecule has 1 saturated carbocycles. The first-order chi connectivity index (χ1) is 9.53. The van der Waals surface area contributed by atoms with Gasteiger partial charge in [0.1, 0.15) is 0 Å². The maximum atomic E-state index is 13.0. The summed E-state index contributed by atoms with van der Waals surface area (Å²) in [6.45, 7) is 2.43. The molecule has 1 aromatic rings. The second-order valence-electron chi connectivity index (χ2n) is 6.16. The Balaban J connectivity index is 1.62. The van der Waals surface area contributed by atoms with Crippen molar-refractivity contribution in [2.24, 2.45) is 11.8 Å². The normalized spacial score (nSPS) is 23.8. The Kier molecular flexibility index (Phi) is 5.53. The van der Waals surface area contributed by atoms with E-state index in [-0.39, 0.29) is 12.3 Å². The quantitative estimate of drug-likeness (QED) is 0.709. The molecular formula is C17H24F2O. The fraction of sp³-hybridized carbons (Fsp3) is 0.647. The Morgan fingerprint density at radius 2 is 1.65 bits per heavy atom. The maximum absolute atomic E-state index is 13.0. The third-order valence-electron chi connectivity index (χ3n) is 4.08. The fourth-order valence-corrected chi connectivity index (χ4v) is 3.03. The number of ether oxygens (including phenoxy) is 1. The zero-order chi connectivity index (χ0) is 14.4. The van der Waals surface area contributed by atoms with Crippen LogP contribution in [0.25, 0.3) is 0 Å². The first-order valence-electron chi connectivity index (χ1n) is 7.52. The molecule has 1 aliphatic rings. The molecule has 0 N–H and O–H groups in total. The summed E-state index contributed by atoms with van der Waals surface area (Å²) in [5, 5.41) is 0. The molecule has 0 amide bonds. The van der Waals surface area contributed by atoms with Crippen molar-refractivity contribution >= 4 is 0 Å². The van der Waals surface area contributed by atoms with Gasteiger partial charge in [0.15, 0.2) is 0 Å². The van der Waals surface area contributed by atoms with Crippen LogP contribution in [0.4, 0.5) is 8.78 Å². The first kappa shape index (κ1) is 15.4. The predicted octanol–water partition coefficient (Wildman–Crippen LogP) is 5.05. The van der Waals surface area contributed by atoms with E-state index in [2.05, 4.69) is 12.1 Å². The zero-order valence-electron chi connectivity index (χ0n) is 12.2. The van der Waals surface area contributed by atoms with E-state index >= 15 is 0 Å². The third-order valence-corrected chi connectivity index (χ3v) is 4.08. The van der Waals surface area contributed by atoms with Gasteiger partial charge < -0.3 is 4.74 Å². The van der Waals surface area contributed by atoms with Crippen molar-refractivity contribution < 1.29 is 13.5 Å². The van der Waals surface area contributed by atoms with Crippen molar-refractivity contribution in [3.05, 3.63) is 35.9 Å². The SMILES string of the molecule is CC(F)(F)CC1CCC(COCc2ccccc2)CC1. The molecule has 1 aromatic carbocycles. The van der Waals surface area contributed by atoms with E-state index in [0.29, 0.717) is 12.5 Å². The van der Waals surface area contributed by atoms with Gasteiger partial charge in [0.2, 0.25) is 5.92 Å². The summed E-state index contributed by atoms with van der Waals surface area (Å²) in [6.07, 6.45) is 3.93. The minimum Gasteiger partial charge on any atom is -0.376 e. The maximum Gasteiger partial charge on any atom is 0.245 e. The standard InChI is InChI=1S/C17H24F2O/c1-17(18,19)11-14-7-9-16(10-8-14)13-20-12-15-5-3-2-4-6-15/h2-6,14,16H,7-13H2,1H3. The molecule has 1 nitrogen and oxygen atoms in total. The van der Waals surface area contributed by atoms with E-state index in [1.807, 2.05) is 18.2 Å². The molecule has 0 saturated heterocycles. The summed E-state index contributed by atoms with van der Waals surface area (Å²) in [7, 11) is 0. The van der Waals surface area contributed by atoms with Gasteiger partial charge in [-0.2, -0.15) is 0 Å². The molecular weight excluding hydrogens is 258 g/mol. The number of alkyl halides is 2. The summed E-state index contributed by atoms with van der Waals surface area (Å²) < 4.78 is 31.7. The average molecular weight is 282 g/mol. The minimum absolute atomic E-state index is 0.0462. The van der Waals surface area contributed by atoms with Crippen molar-refractivity contribution in [2.75, 3.05) is 6.61 Å². The highest BCUT2D eigenvalue weighted by Gasteiger charge is 2.29. The third kappa shape index (κ3) is 5.58. The summed E-state index contributed by atoms with van der Waals surface area (Å²) in [5.74, 6) is -1.78. The van der Waals surface area contributed by atoms with E-state index in [1.165, 1.54) is 5.56 Å². The lowest BCUT2D eigenvalue weighted by Crippen LogP contribution is -2.23.